The Hall–Kier alpha value is -0.620. The molecule has 1 aromatic rings. The molecule has 1 fully saturated rings. The van der Waals surface area contributed by atoms with E-state index in [1.165, 1.54) is 0 Å². The van der Waals surface area contributed by atoms with Gasteiger partial charge in [0, 0.05) is 30.6 Å². The van der Waals surface area contributed by atoms with Crippen molar-refractivity contribution in [1.82, 2.24) is 4.90 Å². The zero-order valence-electron chi connectivity index (χ0n) is 11.3. The molecule has 20 heavy (non-hydrogen) atoms. The molecule has 4 nitrogen and oxygen atoms in total. The number of halogens is 2. The molecule has 110 valence electrons. The predicted octanol–water partition coefficient (Wildman–Crippen LogP) is 2.74. The minimum Gasteiger partial charge on any atom is -0.383 e. The SMILES string of the molecule is COCCN1C(=O)CCC(N)C1c1ccc(Br)c(Cl)c1. The highest BCUT2D eigenvalue weighted by molar-refractivity contribution is 9.10. The maximum Gasteiger partial charge on any atom is 0.223 e. The predicted molar refractivity (Wildman–Crippen MR) is 82.7 cm³/mol. The van der Waals surface area contributed by atoms with Gasteiger partial charge >= 0.3 is 0 Å². The number of carbonyl (C=O) groups excluding carboxylic acids is 1. The zero-order valence-corrected chi connectivity index (χ0v) is 13.7. The third kappa shape index (κ3) is 3.34. The molecule has 0 saturated carbocycles. The Labute approximate surface area is 132 Å². The van der Waals surface area contributed by atoms with Crippen molar-refractivity contribution in [3.63, 3.8) is 0 Å². The van der Waals surface area contributed by atoms with Crippen molar-refractivity contribution in [1.29, 1.82) is 0 Å². The van der Waals surface area contributed by atoms with Gasteiger partial charge in [-0.05, 0) is 40.0 Å². The number of ether oxygens (including phenoxy) is 1. The standard InChI is InChI=1S/C14H18BrClN2O2/c1-20-7-6-18-13(19)5-4-12(17)14(18)9-2-3-10(15)11(16)8-9/h2-3,8,12,14H,4-7,17H2,1H3. The number of nitrogens with zero attached hydrogens (tertiary/aromatic N) is 1. The van der Waals surface area contributed by atoms with Crippen LogP contribution in [0.25, 0.3) is 0 Å². The molecule has 1 saturated heterocycles. The second-order valence-corrected chi connectivity index (χ2v) is 6.16. The van der Waals surface area contributed by atoms with E-state index in [4.69, 9.17) is 22.1 Å². The number of carbonyl (C=O) groups is 1. The lowest BCUT2D eigenvalue weighted by Crippen LogP contribution is -2.49. The van der Waals surface area contributed by atoms with Gasteiger partial charge in [-0.15, -0.1) is 0 Å². The molecule has 2 unspecified atom stereocenters. The molecule has 2 rings (SSSR count). The summed E-state index contributed by atoms with van der Waals surface area (Å²) >= 11 is 9.53. The monoisotopic (exact) mass is 360 g/mol. The van der Waals surface area contributed by atoms with Gasteiger partial charge in [0.15, 0.2) is 0 Å². The van der Waals surface area contributed by atoms with Crippen LogP contribution in [0, 0.1) is 0 Å². The van der Waals surface area contributed by atoms with Crippen LogP contribution in [0.1, 0.15) is 24.4 Å². The highest BCUT2D eigenvalue weighted by Crippen LogP contribution is 2.34. The molecule has 1 amide bonds. The van der Waals surface area contributed by atoms with Crippen molar-refractivity contribution in [3.05, 3.63) is 33.3 Å². The molecular formula is C14H18BrClN2O2. The van der Waals surface area contributed by atoms with E-state index in [9.17, 15) is 4.79 Å². The third-order valence-electron chi connectivity index (χ3n) is 3.57. The molecular weight excluding hydrogens is 344 g/mol. The number of hydrogen-bond acceptors (Lipinski definition) is 3. The van der Waals surface area contributed by atoms with Crippen molar-refractivity contribution < 1.29 is 9.53 Å². The van der Waals surface area contributed by atoms with E-state index in [0.29, 0.717) is 31.0 Å². The molecule has 6 heteroatoms. The molecule has 0 aliphatic carbocycles. The van der Waals surface area contributed by atoms with Crippen molar-refractivity contribution in [2.24, 2.45) is 5.73 Å². The maximum absolute atomic E-state index is 12.2. The number of likely N-dealkylation sites (tertiary alicyclic amines) is 1. The lowest BCUT2D eigenvalue weighted by molar-refractivity contribution is -0.138. The first-order valence-corrected chi connectivity index (χ1v) is 7.70. The minimum atomic E-state index is -0.142. The Bertz CT molecular complexity index is 498. The van der Waals surface area contributed by atoms with Gasteiger partial charge in [0.05, 0.1) is 17.7 Å². The van der Waals surface area contributed by atoms with Gasteiger partial charge in [-0.2, -0.15) is 0 Å². The lowest BCUT2D eigenvalue weighted by atomic mass is 9.90. The van der Waals surface area contributed by atoms with Crippen molar-refractivity contribution >= 4 is 33.4 Å². The lowest BCUT2D eigenvalue weighted by Gasteiger charge is -2.40. The number of piperidine rings is 1. The van der Waals surface area contributed by atoms with Gasteiger partial charge in [0.2, 0.25) is 5.91 Å². The van der Waals surface area contributed by atoms with Crippen molar-refractivity contribution in [3.8, 4) is 0 Å². The van der Waals surface area contributed by atoms with Crippen LogP contribution < -0.4 is 5.73 Å². The van der Waals surface area contributed by atoms with Crippen molar-refractivity contribution in [2.75, 3.05) is 20.3 Å². The van der Waals surface area contributed by atoms with Gasteiger partial charge in [-0.25, -0.2) is 0 Å². The maximum atomic E-state index is 12.2. The van der Waals surface area contributed by atoms with Gasteiger partial charge in [-0.1, -0.05) is 17.7 Å². The molecule has 1 aliphatic rings. The first-order chi connectivity index (χ1) is 9.54. The van der Waals surface area contributed by atoms with Gasteiger partial charge in [0.1, 0.15) is 0 Å². The summed E-state index contributed by atoms with van der Waals surface area (Å²) in [7, 11) is 1.62. The molecule has 0 radical (unpaired) electrons. The summed E-state index contributed by atoms with van der Waals surface area (Å²) in [5.41, 5.74) is 7.20. The average Bonchev–Trinajstić information content (AvgIpc) is 2.43. The summed E-state index contributed by atoms with van der Waals surface area (Å²) in [6.45, 7) is 1.04. The largest absolute Gasteiger partial charge is 0.383 e. The van der Waals surface area contributed by atoms with Gasteiger partial charge < -0.3 is 15.4 Å². The summed E-state index contributed by atoms with van der Waals surface area (Å²) in [5.74, 6) is 0.118. The van der Waals surface area contributed by atoms with Crippen LogP contribution in [0.15, 0.2) is 22.7 Å². The number of benzene rings is 1. The summed E-state index contributed by atoms with van der Waals surface area (Å²) in [4.78, 5) is 14.0. The fourth-order valence-electron chi connectivity index (χ4n) is 2.55. The van der Waals surface area contributed by atoms with Crippen LogP contribution in [-0.4, -0.2) is 37.1 Å². The number of rotatable bonds is 4. The third-order valence-corrected chi connectivity index (χ3v) is 4.81. The fraction of sp³-hybridized carbons (Fsp3) is 0.500. The van der Waals surface area contributed by atoms with E-state index in [1.807, 2.05) is 18.2 Å². The van der Waals surface area contributed by atoms with Crippen LogP contribution in [-0.2, 0) is 9.53 Å². The van der Waals surface area contributed by atoms with Crippen LogP contribution in [0.2, 0.25) is 5.02 Å². The van der Waals surface area contributed by atoms with Gasteiger partial charge in [-0.3, -0.25) is 4.79 Å². The summed E-state index contributed by atoms with van der Waals surface area (Å²) in [6, 6.07) is 5.49. The number of methoxy groups -OCH3 is 1. The molecule has 1 heterocycles. The normalized spacial score (nSPS) is 23.2. The van der Waals surface area contributed by atoms with Crippen LogP contribution >= 0.6 is 27.5 Å². The molecule has 0 bridgehead atoms. The molecule has 2 N–H and O–H groups in total. The Kier molecular flexibility index (Phi) is 5.43. The molecule has 2 atom stereocenters. The fourth-order valence-corrected chi connectivity index (χ4v) is 2.99. The first-order valence-electron chi connectivity index (χ1n) is 6.53. The van der Waals surface area contributed by atoms with E-state index in [-0.39, 0.29) is 18.0 Å². The number of amides is 1. The number of nitrogens with two attached hydrogens (primary N) is 1. The van der Waals surface area contributed by atoms with E-state index in [1.54, 1.807) is 12.0 Å². The quantitative estimate of drug-likeness (QED) is 0.897. The Balaban J connectivity index is 2.31. The van der Waals surface area contributed by atoms with E-state index >= 15 is 0 Å². The summed E-state index contributed by atoms with van der Waals surface area (Å²) in [6.07, 6.45) is 1.19. The van der Waals surface area contributed by atoms with E-state index in [2.05, 4.69) is 15.9 Å². The second kappa shape index (κ2) is 6.89. The van der Waals surface area contributed by atoms with E-state index < -0.39 is 0 Å². The molecule has 0 aromatic heterocycles. The van der Waals surface area contributed by atoms with Crippen LogP contribution in [0.3, 0.4) is 0 Å². The topological polar surface area (TPSA) is 55.6 Å². The van der Waals surface area contributed by atoms with Crippen LogP contribution in [0.4, 0.5) is 0 Å². The molecule has 0 spiro atoms. The second-order valence-electron chi connectivity index (χ2n) is 4.90. The Morgan fingerprint density at radius 3 is 2.95 bits per heavy atom. The molecule has 1 aliphatic heterocycles. The molecule has 1 aromatic carbocycles. The average molecular weight is 362 g/mol. The van der Waals surface area contributed by atoms with E-state index in [0.717, 1.165) is 10.0 Å². The van der Waals surface area contributed by atoms with Crippen molar-refractivity contribution in [2.45, 2.75) is 24.9 Å². The summed E-state index contributed by atoms with van der Waals surface area (Å²) in [5, 5.41) is 0.624. The van der Waals surface area contributed by atoms with Crippen LogP contribution in [0.5, 0.6) is 0 Å². The smallest absolute Gasteiger partial charge is 0.223 e. The van der Waals surface area contributed by atoms with Gasteiger partial charge in [0.25, 0.3) is 0 Å². The summed E-state index contributed by atoms with van der Waals surface area (Å²) < 4.78 is 5.92. The zero-order chi connectivity index (χ0) is 14.7. The Morgan fingerprint density at radius 2 is 2.30 bits per heavy atom. The number of hydrogen-bond donors (Lipinski definition) is 1. The Morgan fingerprint density at radius 1 is 1.55 bits per heavy atom. The highest BCUT2D eigenvalue weighted by Gasteiger charge is 2.34. The minimum absolute atomic E-state index is 0.0817. The highest BCUT2D eigenvalue weighted by atomic mass is 79.9. The first kappa shape index (κ1) is 15.8.